The fourth-order valence-corrected chi connectivity index (χ4v) is 3.30. The Balaban J connectivity index is 1.84. The molecule has 0 aromatic carbocycles. The van der Waals surface area contributed by atoms with Crippen LogP contribution < -0.4 is 16.0 Å². The van der Waals surface area contributed by atoms with E-state index in [0.717, 1.165) is 0 Å². The van der Waals surface area contributed by atoms with Crippen LogP contribution >= 0.6 is 0 Å². The van der Waals surface area contributed by atoms with Gasteiger partial charge < -0.3 is 30.9 Å². The minimum absolute atomic E-state index is 0.315. The molecule has 156 valence electrons. The molecule has 1 aliphatic rings. The average molecular weight is 403 g/mol. The first-order valence-corrected chi connectivity index (χ1v) is 9.17. The molecule has 11 heteroatoms. The molecule has 3 heterocycles. The first-order chi connectivity index (χ1) is 13.9. The largest absolute Gasteiger partial charge is 0.394 e. The van der Waals surface area contributed by atoms with E-state index in [-0.39, 0.29) is 0 Å². The van der Waals surface area contributed by atoms with Crippen molar-refractivity contribution in [3.05, 3.63) is 12.7 Å². The number of aliphatic hydroxyl groups excluding tert-OH is 2. The van der Waals surface area contributed by atoms with Gasteiger partial charge in [0.05, 0.1) is 25.0 Å². The second-order valence-electron chi connectivity index (χ2n) is 7.04. The number of nitrogens with one attached hydrogen (secondary N) is 1. The third-order valence-corrected chi connectivity index (χ3v) is 4.84. The van der Waals surface area contributed by atoms with Gasteiger partial charge in [-0.15, -0.1) is 12.3 Å². The Morgan fingerprint density at radius 2 is 2.24 bits per heavy atom. The fourth-order valence-electron chi connectivity index (χ4n) is 3.30. The van der Waals surface area contributed by atoms with Crippen molar-refractivity contribution in [3.63, 3.8) is 0 Å². The lowest BCUT2D eigenvalue weighted by Gasteiger charge is -2.22. The van der Waals surface area contributed by atoms with Gasteiger partial charge in [-0.05, 0) is 6.42 Å². The summed E-state index contributed by atoms with van der Waals surface area (Å²) in [7, 11) is 3.66. The van der Waals surface area contributed by atoms with Crippen LogP contribution in [0, 0.1) is 12.3 Å². The van der Waals surface area contributed by atoms with Gasteiger partial charge in [0.15, 0.2) is 23.2 Å². The standard InChI is InChI=1S/C18H25N7O4/c1-4-5-6-10(19)17(28)23-12-11(7-26)29-18(14(12)27)25-9-22-13-15(24(2)3)20-8-21-16(13)25/h1,8-12,14,18,26-27H,5-7,19H2,2-3H3,(H,23,28)/t10-,11+,12?,14-,18+/m0/s1. The summed E-state index contributed by atoms with van der Waals surface area (Å²) in [5.74, 6) is 2.57. The fraction of sp³-hybridized carbons (Fsp3) is 0.556. The average Bonchev–Trinajstić information content (AvgIpc) is 3.27. The lowest BCUT2D eigenvalue weighted by Crippen LogP contribution is -2.53. The maximum absolute atomic E-state index is 12.3. The lowest BCUT2D eigenvalue weighted by atomic mass is 10.1. The number of carbonyl (C=O) groups excluding carboxylic acids is 1. The maximum atomic E-state index is 12.3. The van der Waals surface area contributed by atoms with Crippen LogP contribution in [0.2, 0.25) is 0 Å². The van der Waals surface area contributed by atoms with E-state index in [4.69, 9.17) is 16.9 Å². The van der Waals surface area contributed by atoms with Crippen LogP contribution in [0.15, 0.2) is 12.7 Å². The van der Waals surface area contributed by atoms with Crippen molar-refractivity contribution in [2.75, 3.05) is 25.6 Å². The molecule has 2 aromatic heterocycles. The van der Waals surface area contributed by atoms with Crippen LogP contribution in [-0.2, 0) is 9.53 Å². The number of ether oxygens (including phenoxy) is 1. The molecule has 1 amide bonds. The quantitative estimate of drug-likeness (QED) is 0.399. The molecule has 1 unspecified atom stereocenters. The molecule has 0 spiro atoms. The molecule has 0 radical (unpaired) electrons. The van der Waals surface area contributed by atoms with E-state index in [2.05, 4.69) is 26.2 Å². The zero-order valence-corrected chi connectivity index (χ0v) is 16.3. The second kappa shape index (κ2) is 8.71. The summed E-state index contributed by atoms with van der Waals surface area (Å²) in [6.45, 7) is -0.400. The van der Waals surface area contributed by atoms with E-state index in [1.165, 1.54) is 12.7 Å². The third-order valence-electron chi connectivity index (χ3n) is 4.84. The van der Waals surface area contributed by atoms with E-state index in [1.54, 1.807) is 9.47 Å². The first kappa shape index (κ1) is 20.9. The van der Waals surface area contributed by atoms with Crippen LogP contribution in [-0.4, -0.2) is 80.6 Å². The van der Waals surface area contributed by atoms with Gasteiger partial charge in [0.1, 0.15) is 18.5 Å². The number of nitrogens with zero attached hydrogens (tertiary/aromatic N) is 5. The second-order valence-corrected chi connectivity index (χ2v) is 7.04. The highest BCUT2D eigenvalue weighted by Crippen LogP contribution is 2.32. The number of hydrogen-bond donors (Lipinski definition) is 4. The van der Waals surface area contributed by atoms with Crippen molar-refractivity contribution in [3.8, 4) is 12.3 Å². The van der Waals surface area contributed by atoms with Crippen molar-refractivity contribution in [2.24, 2.45) is 5.73 Å². The summed E-state index contributed by atoms with van der Waals surface area (Å²) in [4.78, 5) is 26.9. The van der Waals surface area contributed by atoms with Gasteiger partial charge in [-0.25, -0.2) is 15.0 Å². The van der Waals surface area contributed by atoms with E-state index < -0.39 is 43.0 Å². The van der Waals surface area contributed by atoms with Gasteiger partial charge >= 0.3 is 0 Å². The molecule has 0 saturated carbocycles. The van der Waals surface area contributed by atoms with Crippen LogP contribution in [0.5, 0.6) is 0 Å². The SMILES string of the molecule is C#CCC[C@H](N)C(=O)NC1[C@@H](CO)O[C@@H](n2cnc3c(N(C)C)ncnc32)[C@H]1O. The van der Waals surface area contributed by atoms with Crippen LogP contribution in [0.4, 0.5) is 5.82 Å². The van der Waals surface area contributed by atoms with E-state index in [0.29, 0.717) is 29.8 Å². The molecule has 0 aliphatic carbocycles. The number of amides is 1. The van der Waals surface area contributed by atoms with Gasteiger partial charge in [0.2, 0.25) is 5.91 Å². The Bertz CT molecular complexity index is 909. The summed E-state index contributed by atoms with van der Waals surface area (Å²) < 4.78 is 7.37. The minimum atomic E-state index is -1.16. The zero-order valence-electron chi connectivity index (χ0n) is 16.3. The maximum Gasteiger partial charge on any atom is 0.237 e. The molecular formula is C18H25N7O4. The molecule has 5 N–H and O–H groups in total. The van der Waals surface area contributed by atoms with Crippen molar-refractivity contribution in [1.82, 2.24) is 24.8 Å². The highest BCUT2D eigenvalue weighted by Gasteiger charge is 2.46. The van der Waals surface area contributed by atoms with Crippen LogP contribution in [0.25, 0.3) is 11.2 Å². The molecule has 1 fully saturated rings. The highest BCUT2D eigenvalue weighted by atomic mass is 16.5. The minimum Gasteiger partial charge on any atom is -0.394 e. The Labute approximate surface area is 167 Å². The Morgan fingerprint density at radius 3 is 2.90 bits per heavy atom. The molecular weight excluding hydrogens is 378 g/mol. The molecule has 0 bridgehead atoms. The first-order valence-electron chi connectivity index (χ1n) is 9.17. The molecule has 5 atom stereocenters. The number of hydrogen-bond acceptors (Lipinski definition) is 9. The molecule has 1 aliphatic heterocycles. The molecule has 11 nitrogen and oxygen atoms in total. The normalized spacial score (nSPS) is 25.0. The molecule has 3 rings (SSSR count). The molecule has 29 heavy (non-hydrogen) atoms. The Kier molecular flexibility index (Phi) is 6.29. The van der Waals surface area contributed by atoms with Gasteiger partial charge in [-0.3, -0.25) is 9.36 Å². The summed E-state index contributed by atoms with van der Waals surface area (Å²) in [5, 5.41) is 23.2. The number of aliphatic hydroxyl groups is 2. The van der Waals surface area contributed by atoms with Gasteiger partial charge in [0, 0.05) is 20.5 Å². The van der Waals surface area contributed by atoms with E-state index >= 15 is 0 Å². The topological polar surface area (TPSA) is 152 Å². The number of terminal acetylenes is 1. The number of anilines is 1. The van der Waals surface area contributed by atoms with Gasteiger partial charge in [-0.2, -0.15) is 0 Å². The van der Waals surface area contributed by atoms with Crippen molar-refractivity contribution < 1.29 is 19.7 Å². The molecule has 2 aromatic rings. The summed E-state index contributed by atoms with van der Waals surface area (Å²) in [5.41, 5.74) is 6.83. The molecule has 1 saturated heterocycles. The van der Waals surface area contributed by atoms with E-state index in [1.807, 2.05) is 14.1 Å². The number of fused-ring (bicyclic) bond motifs is 1. The number of imidazole rings is 1. The van der Waals surface area contributed by atoms with Gasteiger partial charge in [-0.1, -0.05) is 0 Å². The number of carbonyl (C=O) groups is 1. The Morgan fingerprint density at radius 1 is 1.48 bits per heavy atom. The number of nitrogens with two attached hydrogens (primary N) is 1. The highest BCUT2D eigenvalue weighted by molar-refractivity contribution is 5.83. The predicted octanol–water partition coefficient (Wildman–Crippen LogP) is -1.63. The third kappa shape index (κ3) is 4.01. The summed E-state index contributed by atoms with van der Waals surface area (Å²) in [6.07, 6.45) is 5.86. The van der Waals surface area contributed by atoms with Crippen LogP contribution in [0.3, 0.4) is 0 Å². The summed E-state index contributed by atoms with van der Waals surface area (Å²) in [6, 6.07) is -1.68. The lowest BCUT2D eigenvalue weighted by molar-refractivity contribution is -0.124. The van der Waals surface area contributed by atoms with Crippen molar-refractivity contribution in [1.29, 1.82) is 0 Å². The predicted molar refractivity (Wildman–Crippen MR) is 105 cm³/mol. The Hall–Kier alpha value is -2.78. The van der Waals surface area contributed by atoms with Crippen LogP contribution in [0.1, 0.15) is 19.1 Å². The zero-order chi connectivity index (χ0) is 21.1. The van der Waals surface area contributed by atoms with Crippen molar-refractivity contribution in [2.45, 2.75) is 43.4 Å². The van der Waals surface area contributed by atoms with Crippen molar-refractivity contribution >= 4 is 22.9 Å². The smallest absolute Gasteiger partial charge is 0.237 e. The summed E-state index contributed by atoms with van der Waals surface area (Å²) >= 11 is 0. The number of aromatic nitrogens is 4. The monoisotopic (exact) mass is 403 g/mol. The van der Waals surface area contributed by atoms with Gasteiger partial charge in [0.25, 0.3) is 0 Å². The number of rotatable bonds is 7. The van der Waals surface area contributed by atoms with E-state index in [9.17, 15) is 15.0 Å².